The number of aryl methyl sites for hydroxylation is 2. The molecule has 2 rings (SSSR count). The Hall–Kier alpha value is -0.830. The number of likely N-dealkylation sites (N-methyl/N-ethyl adjacent to an activating group) is 1. The highest BCUT2D eigenvalue weighted by Gasteiger charge is 2.30. The highest BCUT2D eigenvalue weighted by molar-refractivity contribution is 5.09. The Bertz CT molecular complexity index is 370. The Morgan fingerprint density at radius 2 is 2.18 bits per heavy atom. The maximum atomic E-state index is 4.68. The maximum absolute atomic E-state index is 4.68. The molecule has 0 saturated heterocycles. The molecule has 96 valence electrons. The molecule has 0 aliphatic heterocycles. The van der Waals surface area contributed by atoms with Crippen LogP contribution in [0.5, 0.6) is 0 Å². The second-order valence-electron chi connectivity index (χ2n) is 5.52. The molecule has 0 radical (unpaired) electrons. The van der Waals surface area contributed by atoms with E-state index in [0.29, 0.717) is 12.1 Å². The van der Waals surface area contributed by atoms with Gasteiger partial charge in [-0.1, -0.05) is 13.8 Å². The Labute approximate surface area is 105 Å². The number of nitrogens with one attached hydrogen (secondary N) is 1. The fraction of sp³-hybridized carbons (Fsp3) is 0.786. The van der Waals surface area contributed by atoms with Gasteiger partial charge in [-0.05, 0) is 51.6 Å². The Kier molecular flexibility index (Phi) is 3.87. The zero-order valence-corrected chi connectivity index (χ0v) is 11.5. The lowest BCUT2D eigenvalue weighted by Crippen LogP contribution is -2.42. The lowest BCUT2D eigenvalue weighted by atomic mass is 9.83. The number of rotatable bonds is 3. The quantitative estimate of drug-likeness (QED) is 0.873. The van der Waals surface area contributed by atoms with Gasteiger partial charge in [-0.15, -0.1) is 0 Å². The standard InChI is InChI=1S/C14H25N3/c1-5-15-13-7-6-10(2)8-14(13)17-12(4)9-11(3)16-17/h9-10,13-15H,5-8H2,1-4H3. The first-order valence-electron chi connectivity index (χ1n) is 6.88. The van der Waals surface area contributed by atoms with Crippen LogP contribution >= 0.6 is 0 Å². The second-order valence-corrected chi connectivity index (χ2v) is 5.52. The number of hydrogen-bond acceptors (Lipinski definition) is 2. The van der Waals surface area contributed by atoms with Crippen molar-refractivity contribution in [1.29, 1.82) is 0 Å². The highest BCUT2D eigenvalue weighted by atomic mass is 15.3. The molecule has 1 aliphatic carbocycles. The van der Waals surface area contributed by atoms with Crippen LogP contribution in [0.3, 0.4) is 0 Å². The molecule has 3 unspecified atom stereocenters. The monoisotopic (exact) mass is 235 g/mol. The van der Waals surface area contributed by atoms with Crippen molar-refractivity contribution in [2.24, 2.45) is 5.92 Å². The fourth-order valence-corrected chi connectivity index (χ4v) is 3.10. The molecule has 1 heterocycles. The van der Waals surface area contributed by atoms with Gasteiger partial charge >= 0.3 is 0 Å². The van der Waals surface area contributed by atoms with Crippen LogP contribution in [0.2, 0.25) is 0 Å². The van der Waals surface area contributed by atoms with E-state index in [-0.39, 0.29) is 0 Å². The SMILES string of the molecule is CCNC1CCC(C)CC1n1nc(C)cc1C. The smallest absolute Gasteiger partial charge is 0.0677 e. The molecule has 0 amide bonds. The predicted octanol–water partition coefficient (Wildman–Crippen LogP) is 2.84. The van der Waals surface area contributed by atoms with Gasteiger partial charge < -0.3 is 5.32 Å². The van der Waals surface area contributed by atoms with Crippen molar-refractivity contribution in [2.75, 3.05) is 6.54 Å². The topological polar surface area (TPSA) is 29.9 Å². The van der Waals surface area contributed by atoms with E-state index in [2.05, 4.69) is 48.9 Å². The molecule has 1 aromatic heterocycles. The van der Waals surface area contributed by atoms with Crippen molar-refractivity contribution < 1.29 is 0 Å². The summed E-state index contributed by atoms with van der Waals surface area (Å²) in [5.74, 6) is 0.818. The van der Waals surface area contributed by atoms with Gasteiger partial charge in [0.1, 0.15) is 0 Å². The summed E-state index contributed by atoms with van der Waals surface area (Å²) in [4.78, 5) is 0. The third-order valence-corrected chi connectivity index (χ3v) is 3.90. The van der Waals surface area contributed by atoms with E-state index in [1.165, 1.54) is 25.0 Å². The Morgan fingerprint density at radius 3 is 2.76 bits per heavy atom. The van der Waals surface area contributed by atoms with Crippen molar-refractivity contribution in [3.63, 3.8) is 0 Å². The van der Waals surface area contributed by atoms with Gasteiger partial charge in [-0.2, -0.15) is 5.10 Å². The van der Waals surface area contributed by atoms with E-state index in [4.69, 9.17) is 0 Å². The molecule has 1 aromatic rings. The van der Waals surface area contributed by atoms with Gasteiger partial charge in [-0.25, -0.2) is 0 Å². The summed E-state index contributed by atoms with van der Waals surface area (Å²) < 4.78 is 2.25. The summed E-state index contributed by atoms with van der Waals surface area (Å²) in [6.45, 7) is 9.85. The Morgan fingerprint density at radius 1 is 1.41 bits per heavy atom. The molecule has 0 spiro atoms. The Balaban J connectivity index is 2.22. The maximum Gasteiger partial charge on any atom is 0.0677 e. The molecule has 3 heteroatoms. The number of aromatic nitrogens is 2. The fourth-order valence-electron chi connectivity index (χ4n) is 3.10. The van der Waals surface area contributed by atoms with Crippen LogP contribution < -0.4 is 5.32 Å². The van der Waals surface area contributed by atoms with Crippen molar-refractivity contribution in [2.45, 2.75) is 59.0 Å². The minimum atomic E-state index is 0.535. The second kappa shape index (κ2) is 5.21. The van der Waals surface area contributed by atoms with E-state index in [1.807, 2.05) is 0 Å². The van der Waals surface area contributed by atoms with E-state index < -0.39 is 0 Å². The van der Waals surface area contributed by atoms with Crippen LogP contribution in [0.15, 0.2) is 6.07 Å². The first kappa shape index (κ1) is 12.6. The first-order chi connectivity index (χ1) is 8.11. The van der Waals surface area contributed by atoms with Gasteiger partial charge in [-0.3, -0.25) is 4.68 Å². The van der Waals surface area contributed by atoms with Crippen LogP contribution in [0.1, 0.15) is 50.5 Å². The molecule has 0 aromatic carbocycles. The number of nitrogens with zero attached hydrogens (tertiary/aromatic N) is 2. The molecule has 3 nitrogen and oxygen atoms in total. The van der Waals surface area contributed by atoms with Crippen molar-refractivity contribution >= 4 is 0 Å². The van der Waals surface area contributed by atoms with Gasteiger partial charge in [0, 0.05) is 11.7 Å². The summed E-state index contributed by atoms with van der Waals surface area (Å²) in [6.07, 6.45) is 3.87. The lowest BCUT2D eigenvalue weighted by Gasteiger charge is -2.36. The van der Waals surface area contributed by atoms with E-state index in [1.54, 1.807) is 0 Å². The van der Waals surface area contributed by atoms with Crippen molar-refractivity contribution in [1.82, 2.24) is 15.1 Å². The lowest BCUT2D eigenvalue weighted by molar-refractivity contribution is 0.202. The van der Waals surface area contributed by atoms with Crippen molar-refractivity contribution in [3.8, 4) is 0 Å². The van der Waals surface area contributed by atoms with Gasteiger partial charge in [0.05, 0.1) is 11.7 Å². The summed E-state index contributed by atoms with van der Waals surface area (Å²) in [5.41, 5.74) is 2.43. The zero-order valence-electron chi connectivity index (χ0n) is 11.5. The van der Waals surface area contributed by atoms with E-state index >= 15 is 0 Å². The minimum absolute atomic E-state index is 0.535. The van der Waals surface area contributed by atoms with Crippen LogP contribution in [0, 0.1) is 19.8 Å². The van der Waals surface area contributed by atoms with Gasteiger partial charge in [0.25, 0.3) is 0 Å². The van der Waals surface area contributed by atoms with Crippen LogP contribution in [-0.2, 0) is 0 Å². The minimum Gasteiger partial charge on any atom is -0.312 e. The molecular weight excluding hydrogens is 210 g/mol. The number of hydrogen-bond donors (Lipinski definition) is 1. The molecule has 1 aliphatic rings. The molecular formula is C14H25N3. The normalized spacial score (nSPS) is 29.5. The van der Waals surface area contributed by atoms with Crippen LogP contribution in [-0.4, -0.2) is 22.4 Å². The van der Waals surface area contributed by atoms with Crippen LogP contribution in [0.4, 0.5) is 0 Å². The molecule has 3 atom stereocenters. The summed E-state index contributed by atoms with van der Waals surface area (Å²) in [6, 6.07) is 3.31. The molecule has 1 saturated carbocycles. The first-order valence-corrected chi connectivity index (χ1v) is 6.88. The molecule has 0 bridgehead atoms. The van der Waals surface area contributed by atoms with E-state index in [0.717, 1.165) is 18.2 Å². The average molecular weight is 235 g/mol. The average Bonchev–Trinajstić information content (AvgIpc) is 2.61. The summed E-state index contributed by atoms with van der Waals surface area (Å²) in [5, 5.41) is 8.31. The largest absolute Gasteiger partial charge is 0.312 e. The molecule has 17 heavy (non-hydrogen) atoms. The summed E-state index contributed by atoms with van der Waals surface area (Å²) >= 11 is 0. The van der Waals surface area contributed by atoms with E-state index in [9.17, 15) is 0 Å². The highest BCUT2D eigenvalue weighted by Crippen LogP contribution is 2.33. The molecule has 1 N–H and O–H groups in total. The van der Waals surface area contributed by atoms with Gasteiger partial charge in [0.15, 0.2) is 0 Å². The summed E-state index contributed by atoms with van der Waals surface area (Å²) in [7, 11) is 0. The third kappa shape index (κ3) is 2.71. The van der Waals surface area contributed by atoms with Gasteiger partial charge in [0.2, 0.25) is 0 Å². The zero-order chi connectivity index (χ0) is 12.4. The predicted molar refractivity (Wildman–Crippen MR) is 71.2 cm³/mol. The molecule has 1 fully saturated rings. The van der Waals surface area contributed by atoms with Crippen molar-refractivity contribution in [3.05, 3.63) is 17.5 Å². The third-order valence-electron chi connectivity index (χ3n) is 3.90. The van der Waals surface area contributed by atoms with Crippen LogP contribution in [0.25, 0.3) is 0 Å².